The SMILES string of the molecule is CS(=O)(=O)c1ccc(SCc2cc(F)cc(C#N)c2)cc1. The molecular weight excluding hydrogens is 309 g/mol. The van der Waals surface area contributed by atoms with Crippen LogP contribution in [0.2, 0.25) is 0 Å². The van der Waals surface area contributed by atoms with E-state index in [1.165, 1.54) is 23.9 Å². The standard InChI is InChI=1S/C15H12FNO2S2/c1-21(18,19)15-4-2-14(3-5-15)20-10-12-6-11(9-17)7-13(16)8-12/h2-8H,10H2,1H3. The molecule has 108 valence electrons. The first-order valence-corrected chi connectivity index (χ1v) is 8.89. The van der Waals surface area contributed by atoms with E-state index in [-0.39, 0.29) is 10.5 Å². The van der Waals surface area contributed by atoms with Crippen LogP contribution in [0.25, 0.3) is 0 Å². The highest BCUT2D eigenvalue weighted by molar-refractivity contribution is 7.98. The minimum atomic E-state index is -3.20. The van der Waals surface area contributed by atoms with E-state index in [1.807, 2.05) is 6.07 Å². The molecule has 0 unspecified atom stereocenters. The molecule has 0 heterocycles. The van der Waals surface area contributed by atoms with Crippen LogP contribution in [0.3, 0.4) is 0 Å². The summed E-state index contributed by atoms with van der Waals surface area (Å²) in [5, 5.41) is 8.80. The molecule has 0 fully saturated rings. The van der Waals surface area contributed by atoms with Gasteiger partial charge in [-0.2, -0.15) is 5.26 Å². The van der Waals surface area contributed by atoms with Gasteiger partial charge in [-0.05, 0) is 48.0 Å². The van der Waals surface area contributed by atoms with E-state index in [2.05, 4.69) is 0 Å². The van der Waals surface area contributed by atoms with Gasteiger partial charge in [0.1, 0.15) is 5.82 Å². The summed E-state index contributed by atoms with van der Waals surface area (Å²) in [7, 11) is -3.20. The largest absolute Gasteiger partial charge is 0.224 e. The third kappa shape index (κ3) is 4.31. The van der Waals surface area contributed by atoms with Gasteiger partial charge in [-0.3, -0.25) is 0 Å². The number of nitriles is 1. The number of thioether (sulfide) groups is 1. The fraction of sp³-hybridized carbons (Fsp3) is 0.133. The van der Waals surface area contributed by atoms with E-state index in [0.29, 0.717) is 11.3 Å². The first kappa shape index (κ1) is 15.5. The average molecular weight is 321 g/mol. The molecule has 0 saturated heterocycles. The van der Waals surface area contributed by atoms with Gasteiger partial charge in [-0.1, -0.05) is 0 Å². The molecule has 2 rings (SSSR count). The first-order valence-electron chi connectivity index (χ1n) is 6.01. The van der Waals surface area contributed by atoms with Crippen molar-refractivity contribution in [1.82, 2.24) is 0 Å². The van der Waals surface area contributed by atoms with E-state index in [0.717, 1.165) is 11.2 Å². The van der Waals surface area contributed by atoms with Crippen molar-refractivity contribution in [2.24, 2.45) is 0 Å². The van der Waals surface area contributed by atoms with Gasteiger partial charge in [0.05, 0.1) is 16.5 Å². The van der Waals surface area contributed by atoms with Gasteiger partial charge in [0.25, 0.3) is 0 Å². The van der Waals surface area contributed by atoms with Gasteiger partial charge in [0.15, 0.2) is 9.84 Å². The minimum Gasteiger partial charge on any atom is -0.224 e. The average Bonchev–Trinajstić information content (AvgIpc) is 2.44. The van der Waals surface area contributed by atoms with Crippen molar-refractivity contribution in [3.63, 3.8) is 0 Å². The Bertz CT molecular complexity index is 793. The fourth-order valence-electron chi connectivity index (χ4n) is 1.75. The third-order valence-electron chi connectivity index (χ3n) is 2.74. The van der Waals surface area contributed by atoms with Gasteiger partial charge in [0.2, 0.25) is 0 Å². The number of hydrogen-bond acceptors (Lipinski definition) is 4. The Morgan fingerprint density at radius 3 is 2.43 bits per heavy atom. The van der Waals surface area contributed by atoms with Crippen LogP contribution in [0.5, 0.6) is 0 Å². The molecule has 0 atom stereocenters. The monoisotopic (exact) mass is 321 g/mol. The van der Waals surface area contributed by atoms with Crippen LogP contribution in [0.1, 0.15) is 11.1 Å². The number of hydrogen-bond donors (Lipinski definition) is 0. The van der Waals surface area contributed by atoms with Crippen LogP contribution in [0.15, 0.2) is 52.3 Å². The highest BCUT2D eigenvalue weighted by Crippen LogP contribution is 2.25. The molecule has 21 heavy (non-hydrogen) atoms. The van der Waals surface area contributed by atoms with Gasteiger partial charge >= 0.3 is 0 Å². The quantitative estimate of drug-likeness (QED) is 0.810. The van der Waals surface area contributed by atoms with E-state index in [9.17, 15) is 12.8 Å². The molecule has 0 bridgehead atoms. The zero-order valence-electron chi connectivity index (χ0n) is 11.2. The highest BCUT2D eigenvalue weighted by atomic mass is 32.2. The van der Waals surface area contributed by atoms with Gasteiger partial charge in [-0.25, -0.2) is 12.8 Å². The zero-order valence-corrected chi connectivity index (χ0v) is 12.8. The number of benzene rings is 2. The number of rotatable bonds is 4. The van der Waals surface area contributed by atoms with E-state index in [4.69, 9.17) is 5.26 Å². The summed E-state index contributed by atoms with van der Waals surface area (Å²) in [5.41, 5.74) is 1.00. The Morgan fingerprint density at radius 1 is 1.19 bits per heavy atom. The van der Waals surface area contributed by atoms with Crippen molar-refractivity contribution in [2.45, 2.75) is 15.5 Å². The maximum atomic E-state index is 13.3. The van der Waals surface area contributed by atoms with Crippen LogP contribution >= 0.6 is 11.8 Å². The Labute approximate surface area is 127 Å². The van der Waals surface area contributed by atoms with Crippen LogP contribution < -0.4 is 0 Å². The lowest BCUT2D eigenvalue weighted by Crippen LogP contribution is -1.96. The molecule has 2 aromatic rings. The van der Waals surface area contributed by atoms with E-state index in [1.54, 1.807) is 30.3 Å². The molecule has 0 saturated carbocycles. The Kier molecular flexibility index (Phi) is 4.66. The van der Waals surface area contributed by atoms with Crippen molar-refractivity contribution in [3.8, 4) is 6.07 Å². The van der Waals surface area contributed by atoms with Crippen molar-refractivity contribution in [1.29, 1.82) is 5.26 Å². The zero-order chi connectivity index (χ0) is 15.5. The second-order valence-electron chi connectivity index (χ2n) is 4.49. The first-order chi connectivity index (χ1) is 9.88. The summed E-state index contributed by atoms with van der Waals surface area (Å²) < 4.78 is 36.0. The Balaban J connectivity index is 2.10. The summed E-state index contributed by atoms with van der Waals surface area (Å²) in [5.74, 6) is 0.0714. The highest BCUT2D eigenvalue weighted by Gasteiger charge is 2.07. The fourth-order valence-corrected chi connectivity index (χ4v) is 3.21. The molecule has 0 aliphatic heterocycles. The Morgan fingerprint density at radius 2 is 1.86 bits per heavy atom. The lowest BCUT2D eigenvalue weighted by Gasteiger charge is -2.04. The van der Waals surface area contributed by atoms with E-state index < -0.39 is 15.7 Å². The number of nitrogens with zero attached hydrogens (tertiary/aromatic N) is 1. The van der Waals surface area contributed by atoms with Crippen LogP contribution in [0.4, 0.5) is 4.39 Å². The molecule has 0 radical (unpaired) electrons. The van der Waals surface area contributed by atoms with Crippen molar-refractivity contribution < 1.29 is 12.8 Å². The van der Waals surface area contributed by atoms with Crippen LogP contribution in [-0.4, -0.2) is 14.7 Å². The number of halogens is 1. The molecule has 0 aliphatic carbocycles. The van der Waals surface area contributed by atoms with Gasteiger partial charge in [0, 0.05) is 16.9 Å². The second kappa shape index (κ2) is 6.29. The maximum absolute atomic E-state index is 13.3. The predicted molar refractivity (Wildman–Crippen MR) is 80.2 cm³/mol. The molecule has 3 nitrogen and oxygen atoms in total. The van der Waals surface area contributed by atoms with E-state index >= 15 is 0 Å². The topological polar surface area (TPSA) is 57.9 Å². The van der Waals surface area contributed by atoms with Crippen LogP contribution in [-0.2, 0) is 15.6 Å². The molecule has 2 aromatic carbocycles. The summed E-state index contributed by atoms with van der Waals surface area (Å²) in [6, 6.07) is 12.7. The van der Waals surface area contributed by atoms with Crippen molar-refractivity contribution in [2.75, 3.05) is 6.26 Å². The second-order valence-corrected chi connectivity index (χ2v) is 7.56. The Hall–Kier alpha value is -1.84. The predicted octanol–water partition coefficient (Wildman–Crippen LogP) is 3.39. The normalized spacial score (nSPS) is 11.1. The summed E-state index contributed by atoms with van der Waals surface area (Å²) >= 11 is 1.45. The van der Waals surface area contributed by atoms with Gasteiger partial charge in [-0.15, -0.1) is 11.8 Å². The lowest BCUT2D eigenvalue weighted by molar-refractivity contribution is 0.602. The third-order valence-corrected chi connectivity index (χ3v) is 4.96. The molecule has 0 N–H and O–H groups in total. The number of sulfone groups is 1. The molecule has 6 heteroatoms. The smallest absolute Gasteiger partial charge is 0.175 e. The molecule has 0 amide bonds. The maximum Gasteiger partial charge on any atom is 0.175 e. The summed E-state index contributed by atoms with van der Waals surface area (Å²) in [6.45, 7) is 0. The van der Waals surface area contributed by atoms with Crippen molar-refractivity contribution >= 4 is 21.6 Å². The minimum absolute atomic E-state index is 0.268. The van der Waals surface area contributed by atoms with Crippen molar-refractivity contribution in [3.05, 3.63) is 59.4 Å². The van der Waals surface area contributed by atoms with Crippen LogP contribution in [0, 0.1) is 17.1 Å². The molecule has 0 aliphatic rings. The summed E-state index contributed by atoms with van der Waals surface area (Å²) in [6.07, 6.45) is 1.16. The summed E-state index contributed by atoms with van der Waals surface area (Å²) in [4.78, 5) is 1.15. The molecule has 0 spiro atoms. The lowest BCUT2D eigenvalue weighted by atomic mass is 10.1. The molecule has 0 aromatic heterocycles. The van der Waals surface area contributed by atoms with Gasteiger partial charge < -0.3 is 0 Å². The molecular formula is C15H12FNO2S2.